The summed E-state index contributed by atoms with van der Waals surface area (Å²) >= 11 is 6.36. The van der Waals surface area contributed by atoms with Crippen molar-refractivity contribution in [3.05, 3.63) is 47.4 Å². The van der Waals surface area contributed by atoms with Crippen molar-refractivity contribution in [1.29, 1.82) is 5.26 Å². The number of ether oxygens (including phenoxy) is 1. The number of hydrogen-bond donors (Lipinski definition) is 1. The van der Waals surface area contributed by atoms with Gasteiger partial charge in [-0.1, -0.05) is 30.2 Å². The van der Waals surface area contributed by atoms with Gasteiger partial charge in [0.25, 0.3) is 5.88 Å². The van der Waals surface area contributed by atoms with E-state index in [-0.39, 0.29) is 0 Å². The van der Waals surface area contributed by atoms with Crippen molar-refractivity contribution in [3.8, 4) is 23.2 Å². The predicted octanol–water partition coefficient (Wildman–Crippen LogP) is 3.69. The summed E-state index contributed by atoms with van der Waals surface area (Å²) in [5.41, 5.74) is 2.54. The molecule has 1 N–H and O–H groups in total. The summed E-state index contributed by atoms with van der Waals surface area (Å²) in [5, 5.41) is 12.6. The molecule has 4 rings (SSSR count). The number of methoxy groups -OCH3 is 1. The van der Waals surface area contributed by atoms with E-state index in [1.807, 2.05) is 0 Å². The number of benzene rings is 1. The second-order valence-electron chi connectivity index (χ2n) is 5.88. The fourth-order valence-corrected chi connectivity index (χ4v) is 3.04. The Morgan fingerprint density at radius 2 is 1.92 bits per heavy atom. The molecule has 1 aromatic carbocycles. The topological polar surface area (TPSA) is 75.2 Å². The minimum Gasteiger partial charge on any atom is -0.478 e. The zero-order valence-electron chi connectivity index (χ0n) is 14.6. The van der Waals surface area contributed by atoms with Gasteiger partial charge in [0, 0.05) is 18.0 Å². The molecule has 7 heteroatoms. The second-order valence-corrected chi connectivity index (χ2v) is 6.24. The molecule has 0 saturated carbocycles. The lowest BCUT2D eigenvalue weighted by Gasteiger charge is -2.09. The predicted molar refractivity (Wildman–Crippen MR) is 101 cm³/mol. The number of fused-ring (bicyclic) bond motifs is 1. The normalized spacial score (nSPS) is 13.6. The van der Waals surface area contributed by atoms with Crippen LogP contribution >= 0.6 is 11.6 Å². The van der Waals surface area contributed by atoms with Crippen LogP contribution in [0.25, 0.3) is 16.9 Å². The number of hydrogen-bond acceptors (Lipinski definition) is 5. The molecule has 0 bridgehead atoms. The van der Waals surface area contributed by atoms with E-state index in [0.717, 1.165) is 5.56 Å². The Bertz CT molecular complexity index is 899. The fraction of sp³-hybridized carbons (Fsp3) is 0.316. The molecule has 1 saturated heterocycles. The van der Waals surface area contributed by atoms with Crippen LogP contribution in [0.15, 0.2) is 36.7 Å². The van der Waals surface area contributed by atoms with E-state index in [2.05, 4.69) is 21.4 Å². The summed E-state index contributed by atoms with van der Waals surface area (Å²) < 4.78 is 6.95. The maximum absolute atomic E-state index is 8.83. The Balaban J connectivity index is 0.000000278. The molecular formula is C19H20ClN5O. The molecule has 26 heavy (non-hydrogen) atoms. The van der Waals surface area contributed by atoms with Crippen molar-refractivity contribution >= 4 is 17.2 Å². The van der Waals surface area contributed by atoms with Gasteiger partial charge in [0.05, 0.1) is 18.7 Å². The van der Waals surface area contributed by atoms with E-state index >= 15 is 0 Å². The lowest BCUT2D eigenvalue weighted by molar-refractivity contribution is 0.400. The first-order chi connectivity index (χ1) is 12.7. The van der Waals surface area contributed by atoms with Crippen molar-refractivity contribution in [2.75, 3.05) is 20.2 Å². The van der Waals surface area contributed by atoms with Gasteiger partial charge in [-0.05, 0) is 38.1 Å². The van der Waals surface area contributed by atoms with Crippen molar-refractivity contribution < 1.29 is 4.74 Å². The first-order valence-electron chi connectivity index (χ1n) is 8.52. The monoisotopic (exact) mass is 369 g/mol. The third-order valence-electron chi connectivity index (χ3n) is 4.14. The highest BCUT2D eigenvalue weighted by Crippen LogP contribution is 2.30. The zero-order valence-corrected chi connectivity index (χ0v) is 15.3. The van der Waals surface area contributed by atoms with Crippen LogP contribution in [-0.4, -0.2) is 34.6 Å². The standard InChI is InChI=1S/C14H9ClN4O.C5H11N/c1-20-14-13-17-6-7-19(13)12(15)11(18-14)10-4-2-9(8-16)3-5-10;1-2-4-6-5-3-1/h2-7H,1H3;6H,1-5H2. The van der Waals surface area contributed by atoms with E-state index in [4.69, 9.17) is 21.6 Å². The zero-order chi connectivity index (χ0) is 18.4. The van der Waals surface area contributed by atoms with E-state index in [1.54, 1.807) is 41.1 Å². The summed E-state index contributed by atoms with van der Waals surface area (Å²) in [4.78, 5) is 8.56. The molecule has 6 nitrogen and oxygen atoms in total. The molecular weight excluding hydrogens is 350 g/mol. The average molecular weight is 370 g/mol. The summed E-state index contributed by atoms with van der Waals surface area (Å²) in [6.45, 7) is 2.50. The number of imidazole rings is 1. The number of rotatable bonds is 2. The smallest absolute Gasteiger partial charge is 0.258 e. The van der Waals surface area contributed by atoms with E-state index in [9.17, 15) is 0 Å². The molecule has 0 amide bonds. The molecule has 0 aliphatic carbocycles. The Morgan fingerprint density at radius 1 is 1.19 bits per heavy atom. The summed E-state index contributed by atoms with van der Waals surface area (Å²) in [6.07, 6.45) is 7.59. The van der Waals surface area contributed by atoms with Crippen LogP contribution in [0, 0.1) is 11.3 Å². The highest BCUT2D eigenvalue weighted by atomic mass is 35.5. The molecule has 1 fully saturated rings. The minimum atomic E-state index is 0.402. The maximum atomic E-state index is 8.83. The Kier molecular flexibility index (Phi) is 6.05. The Hall–Kier alpha value is -2.62. The van der Waals surface area contributed by atoms with Gasteiger partial charge in [-0.2, -0.15) is 5.26 Å². The summed E-state index contributed by atoms with van der Waals surface area (Å²) in [5.74, 6) is 0.402. The minimum absolute atomic E-state index is 0.402. The second kappa shape index (κ2) is 8.65. The molecule has 134 valence electrons. The van der Waals surface area contributed by atoms with Crippen LogP contribution in [0.1, 0.15) is 24.8 Å². The Labute approximate surface area is 157 Å². The van der Waals surface area contributed by atoms with Gasteiger partial charge in [-0.25, -0.2) is 9.97 Å². The van der Waals surface area contributed by atoms with Gasteiger partial charge in [0.15, 0.2) is 0 Å². The van der Waals surface area contributed by atoms with E-state index in [0.29, 0.717) is 27.9 Å². The Morgan fingerprint density at radius 3 is 2.46 bits per heavy atom. The van der Waals surface area contributed by atoms with Gasteiger partial charge in [0.1, 0.15) is 10.8 Å². The van der Waals surface area contributed by atoms with Crippen molar-refractivity contribution in [3.63, 3.8) is 0 Å². The quantitative estimate of drug-likeness (QED) is 0.745. The molecule has 2 aromatic heterocycles. The highest BCUT2D eigenvalue weighted by molar-refractivity contribution is 6.32. The molecule has 1 aliphatic rings. The first kappa shape index (κ1) is 18.2. The molecule has 0 atom stereocenters. The molecule has 0 radical (unpaired) electrons. The summed E-state index contributed by atoms with van der Waals surface area (Å²) in [7, 11) is 1.54. The molecule has 0 unspecified atom stereocenters. The number of aromatic nitrogens is 3. The fourth-order valence-electron chi connectivity index (χ4n) is 2.76. The SMILES string of the molecule is C1CCNCC1.COc1nc(-c2ccc(C#N)cc2)c(Cl)n2ccnc12. The maximum Gasteiger partial charge on any atom is 0.258 e. The van der Waals surface area contributed by atoms with Crippen LogP contribution in [-0.2, 0) is 0 Å². The van der Waals surface area contributed by atoms with E-state index in [1.165, 1.54) is 39.5 Å². The first-order valence-corrected chi connectivity index (χ1v) is 8.90. The average Bonchev–Trinajstić information content (AvgIpc) is 3.21. The summed E-state index contributed by atoms with van der Waals surface area (Å²) in [6, 6.07) is 9.12. The third kappa shape index (κ3) is 3.96. The molecule has 1 aliphatic heterocycles. The van der Waals surface area contributed by atoms with Gasteiger partial charge < -0.3 is 10.1 Å². The van der Waals surface area contributed by atoms with E-state index < -0.39 is 0 Å². The lowest BCUT2D eigenvalue weighted by atomic mass is 10.1. The molecule has 3 heterocycles. The number of nitriles is 1. The van der Waals surface area contributed by atoms with Gasteiger partial charge >= 0.3 is 0 Å². The number of nitrogens with zero attached hydrogens (tertiary/aromatic N) is 4. The van der Waals surface area contributed by atoms with Crippen LogP contribution in [0.3, 0.4) is 0 Å². The number of halogens is 1. The van der Waals surface area contributed by atoms with Crippen LogP contribution in [0.4, 0.5) is 0 Å². The number of nitrogens with one attached hydrogen (secondary N) is 1. The third-order valence-corrected chi connectivity index (χ3v) is 4.50. The van der Waals surface area contributed by atoms with Crippen LogP contribution < -0.4 is 10.1 Å². The lowest BCUT2D eigenvalue weighted by Crippen LogP contribution is -2.21. The van der Waals surface area contributed by atoms with Gasteiger partial charge in [-0.3, -0.25) is 4.40 Å². The van der Waals surface area contributed by atoms with Crippen LogP contribution in [0.2, 0.25) is 5.15 Å². The number of piperidine rings is 1. The van der Waals surface area contributed by atoms with Crippen molar-refractivity contribution in [2.24, 2.45) is 0 Å². The van der Waals surface area contributed by atoms with Gasteiger partial charge in [0.2, 0.25) is 5.65 Å². The highest BCUT2D eigenvalue weighted by Gasteiger charge is 2.15. The van der Waals surface area contributed by atoms with Crippen molar-refractivity contribution in [2.45, 2.75) is 19.3 Å². The molecule has 0 spiro atoms. The van der Waals surface area contributed by atoms with Crippen molar-refractivity contribution in [1.82, 2.24) is 19.7 Å². The molecule has 3 aromatic rings. The van der Waals surface area contributed by atoms with Gasteiger partial charge in [-0.15, -0.1) is 0 Å². The largest absolute Gasteiger partial charge is 0.478 e. The van der Waals surface area contributed by atoms with Crippen LogP contribution in [0.5, 0.6) is 5.88 Å².